The number of benzene rings is 1. The molecule has 18 heavy (non-hydrogen) atoms. The maximum Gasteiger partial charge on any atom is 0.133 e. The van der Waals surface area contributed by atoms with Crippen LogP contribution in [0.3, 0.4) is 0 Å². The van der Waals surface area contributed by atoms with Crippen molar-refractivity contribution in [1.82, 2.24) is 0 Å². The fourth-order valence-electron chi connectivity index (χ4n) is 3.68. The molecule has 0 aliphatic heterocycles. The molecule has 0 N–H and O–H groups in total. The normalized spacial score (nSPS) is 31.9. The number of rotatable bonds is 2. The van der Waals surface area contributed by atoms with Gasteiger partial charge in [-0.05, 0) is 37.0 Å². The van der Waals surface area contributed by atoms with Gasteiger partial charge in [-0.1, -0.05) is 6.42 Å². The topological polar surface area (TPSA) is 0 Å². The smallest absolute Gasteiger partial charge is 0.133 e. The molecule has 2 aliphatic rings. The SMILES string of the molecule is Fc1cc(F)c(C(Cl)C2CC3CCC2C3)c(F)c1. The molecule has 1 aromatic rings. The lowest BCUT2D eigenvalue weighted by Crippen LogP contribution is -2.18. The zero-order valence-corrected chi connectivity index (χ0v) is 10.6. The van der Waals surface area contributed by atoms with E-state index in [2.05, 4.69) is 0 Å². The largest absolute Gasteiger partial charge is 0.207 e. The van der Waals surface area contributed by atoms with Crippen molar-refractivity contribution < 1.29 is 13.2 Å². The van der Waals surface area contributed by atoms with Crippen LogP contribution in [0.2, 0.25) is 0 Å². The zero-order chi connectivity index (χ0) is 12.9. The maximum atomic E-state index is 13.7. The monoisotopic (exact) mass is 274 g/mol. The van der Waals surface area contributed by atoms with Crippen LogP contribution < -0.4 is 0 Å². The molecule has 2 fully saturated rings. The Kier molecular flexibility index (Phi) is 3.05. The predicted octanol–water partition coefficient (Wildman–Crippen LogP) is 4.82. The summed E-state index contributed by atoms with van der Waals surface area (Å²) < 4.78 is 40.3. The van der Waals surface area contributed by atoms with Crippen molar-refractivity contribution in [2.75, 3.05) is 0 Å². The van der Waals surface area contributed by atoms with E-state index in [0.29, 0.717) is 24.0 Å². The highest BCUT2D eigenvalue weighted by molar-refractivity contribution is 6.21. The van der Waals surface area contributed by atoms with E-state index in [9.17, 15) is 13.2 Å². The number of fused-ring (bicyclic) bond motifs is 2. The van der Waals surface area contributed by atoms with Crippen molar-refractivity contribution in [3.05, 3.63) is 35.1 Å². The molecule has 0 saturated heterocycles. The minimum absolute atomic E-state index is 0.125. The highest BCUT2D eigenvalue weighted by atomic mass is 35.5. The van der Waals surface area contributed by atoms with Crippen molar-refractivity contribution in [3.8, 4) is 0 Å². The van der Waals surface area contributed by atoms with E-state index in [0.717, 1.165) is 19.3 Å². The van der Waals surface area contributed by atoms with Crippen molar-refractivity contribution in [1.29, 1.82) is 0 Å². The van der Waals surface area contributed by atoms with Gasteiger partial charge in [-0.25, -0.2) is 13.2 Å². The lowest BCUT2D eigenvalue weighted by Gasteiger charge is -2.27. The molecule has 0 aromatic heterocycles. The van der Waals surface area contributed by atoms with Crippen LogP contribution in [-0.4, -0.2) is 0 Å². The standard InChI is InChI=1S/C14H14ClF3/c15-14(10-4-7-1-2-8(10)3-7)13-11(17)5-9(16)6-12(13)18/h5-8,10,14H,1-4H2. The lowest BCUT2D eigenvalue weighted by atomic mass is 9.83. The van der Waals surface area contributed by atoms with Crippen LogP contribution in [0.5, 0.6) is 0 Å². The average Bonchev–Trinajstić information content (AvgIpc) is 2.88. The van der Waals surface area contributed by atoms with Crippen LogP contribution in [0.1, 0.15) is 36.6 Å². The van der Waals surface area contributed by atoms with Crippen LogP contribution in [0.15, 0.2) is 12.1 Å². The van der Waals surface area contributed by atoms with Gasteiger partial charge in [0.1, 0.15) is 17.5 Å². The summed E-state index contributed by atoms with van der Waals surface area (Å²) in [6, 6.07) is 1.42. The van der Waals surface area contributed by atoms with Gasteiger partial charge in [-0.2, -0.15) is 0 Å². The lowest BCUT2D eigenvalue weighted by molar-refractivity contribution is 0.315. The van der Waals surface area contributed by atoms with Crippen LogP contribution in [-0.2, 0) is 0 Å². The molecule has 4 unspecified atom stereocenters. The van der Waals surface area contributed by atoms with Crippen molar-refractivity contribution in [3.63, 3.8) is 0 Å². The van der Waals surface area contributed by atoms with E-state index in [1.807, 2.05) is 0 Å². The van der Waals surface area contributed by atoms with Gasteiger partial charge in [0.15, 0.2) is 0 Å². The van der Waals surface area contributed by atoms with Gasteiger partial charge < -0.3 is 0 Å². The third-order valence-electron chi connectivity index (χ3n) is 4.49. The maximum absolute atomic E-state index is 13.7. The molecule has 0 nitrogen and oxygen atoms in total. The first-order valence-corrected chi connectivity index (χ1v) is 6.78. The van der Waals surface area contributed by atoms with Crippen LogP contribution in [0.4, 0.5) is 13.2 Å². The summed E-state index contributed by atoms with van der Waals surface area (Å²) in [6.45, 7) is 0. The Morgan fingerprint density at radius 1 is 1.06 bits per heavy atom. The third-order valence-corrected chi connectivity index (χ3v) is 5.03. The molecule has 0 radical (unpaired) electrons. The van der Waals surface area contributed by atoms with Gasteiger partial charge in [0.05, 0.1) is 5.38 Å². The summed E-state index contributed by atoms with van der Waals surface area (Å²) in [4.78, 5) is 0. The predicted molar refractivity (Wildman–Crippen MR) is 63.8 cm³/mol. The molecule has 0 heterocycles. The van der Waals surface area contributed by atoms with Gasteiger partial charge in [-0.15, -0.1) is 11.6 Å². The fourth-order valence-corrected chi connectivity index (χ4v) is 4.20. The first-order valence-electron chi connectivity index (χ1n) is 6.34. The second-order valence-electron chi connectivity index (χ2n) is 5.52. The summed E-state index contributed by atoms with van der Waals surface area (Å²) in [5, 5.41) is -0.680. The molecule has 98 valence electrons. The van der Waals surface area contributed by atoms with E-state index >= 15 is 0 Å². The minimum Gasteiger partial charge on any atom is -0.207 e. The highest BCUT2D eigenvalue weighted by Crippen LogP contribution is 2.54. The van der Waals surface area contributed by atoms with Gasteiger partial charge in [0.2, 0.25) is 0 Å². The molecular formula is C14H14ClF3. The molecule has 0 spiro atoms. The Labute approximate surface area is 109 Å². The fraction of sp³-hybridized carbons (Fsp3) is 0.571. The Hall–Kier alpha value is -0.700. The molecule has 3 rings (SSSR count). The molecule has 1 aromatic carbocycles. The number of alkyl halides is 1. The summed E-state index contributed by atoms with van der Waals surface area (Å²) >= 11 is 6.27. The van der Waals surface area contributed by atoms with E-state index in [1.54, 1.807) is 0 Å². The summed E-state index contributed by atoms with van der Waals surface area (Å²) in [6.07, 6.45) is 4.37. The Balaban J connectivity index is 1.91. The Morgan fingerprint density at radius 3 is 2.22 bits per heavy atom. The molecular weight excluding hydrogens is 261 g/mol. The molecule has 0 amide bonds. The minimum atomic E-state index is -0.898. The number of hydrogen-bond donors (Lipinski definition) is 0. The quantitative estimate of drug-likeness (QED) is 0.678. The average molecular weight is 275 g/mol. The second-order valence-corrected chi connectivity index (χ2v) is 5.99. The van der Waals surface area contributed by atoms with Crippen molar-refractivity contribution >= 4 is 11.6 Å². The summed E-state index contributed by atoms with van der Waals surface area (Å²) in [5.41, 5.74) is -0.157. The molecule has 4 heteroatoms. The second kappa shape index (κ2) is 4.44. The van der Waals surface area contributed by atoms with E-state index in [1.165, 1.54) is 6.42 Å². The number of hydrogen-bond acceptors (Lipinski definition) is 0. The van der Waals surface area contributed by atoms with Gasteiger partial charge >= 0.3 is 0 Å². The molecule has 2 aliphatic carbocycles. The Bertz CT molecular complexity index is 451. The molecule has 2 bridgehead atoms. The van der Waals surface area contributed by atoms with Crippen LogP contribution >= 0.6 is 11.6 Å². The van der Waals surface area contributed by atoms with E-state index in [-0.39, 0.29) is 11.5 Å². The van der Waals surface area contributed by atoms with Gasteiger partial charge in [-0.3, -0.25) is 0 Å². The Morgan fingerprint density at radius 2 is 1.72 bits per heavy atom. The van der Waals surface area contributed by atoms with Crippen molar-refractivity contribution in [2.24, 2.45) is 17.8 Å². The van der Waals surface area contributed by atoms with Gasteiger partial charge in [0.25, 0.3) is 0 Å². The first kappa shape index (κ1) is 12.3. The zero-order valence-electron chi connectivity index (χ0n) is 9.80. The third kappa shape index (κ3) is 1.93. The first-order chi connectivity index (χ1) is 8.56. The molecule has 4 atom stereocenters. The van der Waals surface area contributed by atoms with Gasteiger partial charge in [0, 0.05) is 17.7 Å². The van der Waals surface area contributed by atoms with E-state index in [4.69, 9.17) is 11.6 Å². The van der Waals surface area contributed by atoms with E-state index < -0.39 is 22.8 Å². The van der Waals surface area contributed by atoms with Crippen LogP contribution in [0.25, 0.3) is 0 Å². The highest BCUT2D eigenvalue weighted by Gasteiger charge is 2.44. The van der Waals surface area contributed by atoms with Crippen molar-refractivity contribution in [2.45, 2.75) is 31.1 Å². The van der Waals surface area contributed by atoms with Crippen LogP contribution in [0, 0.1) is 35.2 Å². The summed E-state index contributed by atoms with van der Waals surface area (Å²) in [7, 11) is 0. The molecule has 2 saturated carbocycles. The number of halogens is 4. The summed E-state index contributed by atoms with van der Waals surface area (Å²) in [5.74, 6) is -1.37.